The molecule has 16 heavy (non-hydrogen) atoms. The zero-order valence-corrected chi connectivity index (χ0v) is 11.3. The summed E-state index contributed by atoms with van der Waals surface area (Å²) in [5, 5.41) is 3.35. The lowest BCUT2D eigenvalue weighted by molar-refractivity contribution is 0.187. The minimum Gasteiger partial charge on any atom is -0.316 e. The van der Waals surface area contributed by atoms with Crippen molar-refractivity contribution in [3.63, 3.8) is 0 Å². The van der Waals surface area contributed by atoms with Gasteiger partial charge >= 0.3 is 0 Å². The van der Waals surface area contributed by atoms with Crippen LogP contribution in [0.15, 0.2) is 0 Å². The third-order valence-electron chi connectivity index (χ3n) is 3.67. The van der Waals surface area contributed by atoms with Gasteiger partial charge in [0.1, 0.15) is 0 Å². The molecule has 0 atom stereocenters. The Balaban J connectivity index is 2.07. The Morgan fingerprint density at radius 1 is 0.938 bits per heavy atom. The van der Waals surface area contributed by atoms with Gasteiger partial charge in [0.15, 0.2) is 0 Å². The normalized spacial score (nSPS) is 17.1. The summed E-state index contributed by atoms with van der Waals surface area (Å²) in [6.07, 6.45) is 1.32. The second kappa shape index (κ2) is 8.04. The molecule has 96 valence electrons. The largest absolute Gasteiger partial charge is 0.316 e. The summed E-state index contributed by atoms with van der Waals surface area (Å²) in [4.78, 5) is 5.12. The quantitative estimate of drug-likeness (QED) is 0.640. The Kier molecular flexibility index (Phi) is 7.01. The second-order valence-electron chi connectivity index (χ2n) is 4.80. The van der Waals surface area contributed by atoms with Crippen molar-refractivity contribution in [1.82, 2.24) is 15.1 Å². The molecular weight excluding hydrogens is 198 g/mol. The van der Waals surface area contributed by atoms with Gasteiger partial charge in [0, 0.05) is 19.6 Å². The molecule has 0 aromatic carbocycles. The summed E-state index contributed by atoms with van der Waals surface area (Å²) in [5.74, 6) is 0.911. The van der Waals surface area contributed by atoms with Crippen LogP contribution < -0.4 is 5.32 Å². The van der Waals surface area contributed by atoms with Gasteiger partial charge in [0.05, 0.1) is 0 Å². The number of nitrogens with zero attached hydrogens (tertiary/aromatic N) is 2. The van der Waals surface area contributed by atoms with Crippen molar-refractivity contribution in [2.45, 2.75) is 27.2 Å². The Hall–Kier alpha value is -0.120. The highest BCUT2D eigenvalue weighted by Gasteiger charge is 2.19. The van der Waals surface area contributed by atoms with E-state index in [4.69, 9.17) is 0 Å². The zero-order valence-electron chi connectivity index (χ0n) is 11.3. The van der Waals surface area contributed by atoms with Gasteiger partial charge in [-0.2, -0.15) is 0 Å². The van der Waals surface area contributed by atoms with E-state index in [0.29, 0.717) is 0 Å². The van der Waals surface area contributed by atoms with Gasteiger partial charge in [-0.1, -0.05) is 20.8 Å². The summed E-state index contributed by atoms with van der Waals surface area (Å²) in [6.45, 7) is 16.6. The first-order chi connectivity index (χ1) is 7.80. The van der Waals surface area contributed by atoms with Crippen LogP contribution in [0.25, 0.3) is 0 Å². The van der Waals surface area contributed by atoms with E-state index in [2.05, 4.69) is 35.9 Å². The Labute approximate surface area is 101 Å². The van der Waals surface area contributed by atoms with Gasteiger partial charge in [0.25, 0.3) is 0 Å². The van der Waals surface area contributed by atoms with Crippen LogP contribution >= 0.6 is 0 Å². The van der Waals surface area contributed by atoms with Crippen molar-refractivity contribution in [2.24, 2.45) is 5.92 Å². The fraction of sp³-hybridized carbons (Fsp3) is 1.00. The smallest absolute Gasteiger partial charge is 0.00339 e. The number of hydrogen-bond donors (Lipinski definition) is 1. The molecule has 1 N–H and O–H groups in total. The van der Waals surface area contributed by atoms with E-state index in [1.807, 2.05) is 0 Å². The third-order valence-corrected chi connectivity index (χ3v) is 3.67. The SMILES string of the molecule is CCN(CC)CCCN(CC)CC1CNC1. The van der Waals surface area contributed by atoms with Crippen molar-refractivity contribution >= 4 is 0 Å². The van der Waals surface area contributed by atoms with Crippen molar-refractivity contribution < 1.29 is 0 Å². The van der Waals surface area contributed by atoms with Crippen LogP contribution in [-0.2, 0) is 0 Å². The van der Waals surface area contributed by atoms with Crippen LogP contribution in [0.4, 0.5) is 0 Å². The Morgan fingerprint density at radius 2 is 1.50 bits per heavy atom. The first-order valence-corrected chi connectivity index (χ1v) is 6.95. The average Bonchev–Trinajstić information content (AvgIpc) is 2.26. The number of hydrogen-bond acceptors (Lipinski definition) is 3. The molecule has 0 aromatic heterocycles. The molecule has 0 saturated carbocycles. The molecule has 1 rings (SSSR count). The van der Waals surface area contributed by atoms with E-state index in [-0.39, 0.29) is 0 Å². The molecule has 0 radical (unpaired) electrons. The molecule has 3 heteroatoms. The highest BCUT2D eigenvalue weighted by Crippen LogP contribution is 2.06. The maximum Gasteiger partial charge on any atom is 0.00339 e. The summed E-state index contributed by atoms with van der Waals surface area (Å²) in [7, 11) is 0. The van der Waals surface area contributed by atoms with Crippen molar-refractivity contribution in [3.8, 4) is 0 Å². The first kappa shape index (κ1) is 13.9. The summed E-state index contributed by atoms with van der Waals surface area (Å²) in [6, 6.07) is 0. The monoisotopic (exact) mass is 227 g/mol. The van der Waals surface area contributed by atoms with Gasteiger partial charge in [-0.05, 0) is 45.1 Å². The summed E-state index contributed by atoms with van der Waals surface area (Å²) < 4.78 is 0. The van der Waals surface area contributed by atoms with Crippen molar-refractivity contribution in [3.05, 3.63) is 0 Å². The predicted octanol–water partition coefficient (Wildman–Crippen LogP) is 1.26. The van der Waals surface area contributed by atoms with Gasteiger partial charge in [0.2, 0.25) is 0 Å². The molecule has 1 heterocycles. The highest BCUT2D eigenvalue weighted by molar-refractivity contribution is 4.77. The van der Waals surface area contributed by atoms with Gasteiger partial charge in [-0.3, -0.25) is 0 Å². The van der Waals surface area contributed by atoms with E-state index in [9.17, 15) is 0 Å². The lowest BCUT2D eigenvalue weighted by Crippen LogP contribution is -2.48. The molecule has 1 aliphatic heterocycles. The molecule has 0 aromatic rings. The van der Waals surface area contributed by atoms with Crippen LogP contribution in [0, 0.1) is 5.92 Å². The van der Waals surface area contributed by atoms with E-state index >= 15 is 0 Å². The lowest BCUT2D eigenvalue weighted by atomic mass is 10.0. The maximum atomic E-state index is 3.35. The molecule has 0 spiro atoms. The predicted molar refractivity (Wildman–Crippen MR) is 70.9 cm³/mol. The van der Waals surface area contributed by atoms with Crippen LogP contribution in [-0.4, -0.2) is 62.2 Å². The van der Waals surface area contributed by atoms with Crippen LogP contribution in [0.5, 0.6) is 0 Å². The molecule has 1 fully saturated rings. The molecular formula is C13H29N3. The molecule has 0 unspecified atom stereocenters. The fourth-order valence-electron chi connectivity index (χ4n) is 2.28. The van der Waals surface area contributed by atoms with Gasteiger partial charge in [-0.15, -0.1) is 0 Å². The van der Waals surface area contributed by atoms with E-state index in [1.165, 1.54) is 58.8 Å². The van der Waals surface area contributed by atoms with Crippen molar-refractivity contribution in [2.75, 3.05) is 52.4 Å². The zero-order chi connectivity index (χ0) is 11.8. The Morgan fingerprint density at radius 3 is 1.94 bits per heavy atom. The van der Waals surface area contributed by atoms with Crippen LogP contribution in [0.3, 0.4) is 0 Å². The van der Waals surface area contributed by atoms with Crippen LogP contribution in [0.2, 0.25) is 0 Å². The molecule has 0 amide bonds. The Bertz CT molecular complexity index is 165. The topological polar surface area (TPSA) is 18.5 Å². The van der Waals surface area contributed by atoms with E-state index in [1.54, 1.807) is 0 Å². The van der Waals surface area contributed by atoms with E-state index < -0.39 is 0 Å². The first-order valence-electron chi connectivity index (χ1n) is 6.95. The summed E-state index contributed by atoms with van der Waals surface area (Å²) in [5.41, 5.74) is 0. The minimum atomic E-state index is 0.911. The molecule has 1 saturated heterocycles. The lowest BCUT2D eigenvalue weighted by Gasteiger charge is -2.33. The molecule has 1 aliphatic rings. The fourth-order valence-corrected chi connectivity index (χ4v) is 2.28. The van der Waals surface area contributed by atoms with Gasteiger partial charge in [-0.25, -0.2) is 0 Å². The van der Waals surface area contributed by atoms with E-state index in [0.717, 1.165) is 5.92 Å². The maximum absolute atomic E-state index is 3.35. The van der Waals surface area contributed by atoms with Crippen LogP contribution in [0.1, 0.15) is 27.2 Å². The molecule has 0 aliphatic carbocycles. The number of nitrogens with one attached hydrogen (secondary N) is 1. The molecule has 3 nitrogen and oxygen atoms in total. The van der Waals surface area contributed by atoms with Crippen molar-refractivity contribution in [1.29, 1.82) is 0 Å². The van der Waals surface area contributed by atoms with Gasteiger partial charge < -0.3 is 15.1 Å². The minimum absolute atomic E-state index is 0.911. The summed E-state index contributed by atoms with van der Waals surface area (Å²) >= 11 is 0. The average molecular weight is 227 g/mol. The standard InChI is InChI=1S/C13H29N3/c1-4-15(5-2)8-7-9-16(6-3)12-13-10-14-11-13/h13-14H,4-12H2,1-3H3. The number of rotatable bonds is 9. The highest BCUT2D eigenvalue weighted by atomic mass is 15.2. The second-order valence-corrected chi connectivity index (χ2v) is 4.80. The molecule has 0 bridgehead atoms. The third kappa shape index (κ3) is 4.81.